The minimum Gasteiger partial charge on any atom is -0.379 e. The van der Waals surface area contributed by atoms with Crippen LogP contribution < -0.4 is 10.6 Å². The average Bonchev–Trinajstić information content (AvgIpc) is 3.23. The lowest BCUT2D eigenvalue weighted by atomic mass is 10.1. The number of pyridine rings is 1. The molecule has 1 unspecified atom stereocenters. The fourth-order valence-electron chi connectivity index (χ4n) is 3.28. The molecule has 1 fully saturated rings. The van der Waals surface area contributed by atoms with Crippen LogP contribution in [0, 0.1) is 0 Å². The summed E-state index contributed by atoms with van der Waals surface area (Å²) in [5, 5.41) is 7.88. The summed E-state index contributed by atoms with van der Waals surface area (Å²) >= 11 is 0. The summed E-state index contributed by atoms with van der Waals surface area (Å²) in [6.07, 6.45) is 6.28. The smallest absolute Gasteiger partial charge is 0.190 e. The highest BCUT2D eigenvalue weighted by molar-refractivity contribution is 5.82. The number of rotatable bonds is 9. The van der Waals surface area contributed by atoms with E-state index in [2.05, 4.69) is 44.9 Å². The SMILES string of the molecule is CN=C(NCCCOCC1CCCO1)NCCc1cccc2cccnc12. The molecule has 1 saturated heterocycles. The zero-order valence-corrected chi connectivity index (χ0v) is 16.1. The zero-order valence-electron chi connectivity index (χ0n) is 16.1. The Balaban J connectivity index is 1.32. The van der Waals surface area contributed by atoms with Crippen molar-refractivity contribution in [1.82, 2.24) is 15.6 Å². The van der Waals surface area contributed by atoms with Crippen molar-refractivity contribution in [3.8, 4) is 0 Å². The van der Waals surface area contributed by atoms with Crippen molar-refractivity contribution >= 4 is 16.9 Å². The fourth-order valence-corrected chi connectivity index (χ4v) is 3.28. The first-order valence-electron chi connectivity index (χ1n) is 9.83. The third-order valence-electron chi connectivity index (χ3n) is 4.71. The number of nitrogens with one attached hydrogen (secondary N) is 2. The standard InChI is InChI=1S/C21H30N4O2/c1-22-21(24-12-5-14-26-16-19-9-4-15-27-19)25-13-10-18-7-2-6-17-8-3-11-23-20(17)18/h2-3,6-8,11,19H,4-5,9-10,12-16H2,1H3,(H2,22,24,25). The zero-order chi connectivity index (χ0) is 18.7. The van der Waals surface area contributed by atoms with Gasteiger partial charge < -0.3 is 20.1 Å². The van der Waals surface area contributed by atoms with Crippen LogP contribution in [0.15, 0.2) is 41.5 Å². The molecular weight excluding hydrogens is 340 g/mol. The van der Waals surface area contributed by atoms with Crippen LogP contribution in [-0.4, -0.2) is 57.0 Å². The Morgan fingerprint density at radius 2 is 2.15 bits per heavy atom. The molecule has 0 bridgehead atoms. The highest BCUT2D eigenvalue weighted by Crippen LogP contribution is 2.16. The third-order valence-corrected chi connectivity index (χ3v) is 4.71. The number of hydrogen-bond donors (Lipinski definition) is 2. The van der Waals surface area contributed by atoms with Gasteiger partial charge in [0.2, 0.25) is 0 Å². The summed E-state index contributed by atoms with van der Waals surface area (Å²) in [5.41, 5.74) is 2.33. The van der Waals surface area contributed by atoms with Crippen LogP contribution in [-0.2, 0) is 15.9 Å². The maximum Gasteiger partial charge on any atom is 0.190 e. The van der Waals surface area contributed by atoms with Crippen LogP contribution in [0.25, 0.3) is 10.9 Å². The minimum absolute atomic E-state index is 0.302. The van der Waals surface area contributed by atoms with E-state index in [1.54, 1.807) is 7.05 Å². The highest BCUT2D eigenvalue weighted by Gasteiger charge is 2.14. The van der Waals surface area contributed by atoms with E-state index in [9.17, 15) is 0 Å². The topological polar surface area (TPSA) is 67.8 Å². The lowest BCUT2D eigenvalue weighted by molar-refractivity contribution is 0.0168. The van der Waals surface area contributed by atoms with Gasteiger partial charge in [-0.1, -0.05) is 24.3 Å². The van der Waals surface area contributed by atoms with Crippen molar-refractivity contribution in [3.05, 3.63) is 42.1 Å². The maximum atomic E-state index is 5.68. The molecule has 0 aliphatic carbocycles. The summed E-state index contributed by atoms with van der Waals surface area (Å²) in [7, 11) is 1.79. The Hall–Kier alpha value is -2.18. The monoisotopic (exact) mass is 370 g/mol. The third kappa shape index (κ3) is 6.19. The number of guanidine groups is 1. The van der Waals surface area contributed by atoms with E-state index in [-0.39, 0.29) is 0 Å². The molecular formula is C21H30N4O2. The van der Waals surface area contributed by atoms with Crippen LogP contribution in [0.3, 0.4) is 0 Å². The predicted octanol–water partition coefficient (Wildman–Crippen LogP) is 2.53. The highest BCUT2D eigenvalue weighted by atomic mass is 16.5. The number of nitrogens with zero attached hydrogens (tertiary/aromatic N) is 2. The quantitative estimate of drug-likeness (QED) is 0.403. The van der Waals surface area contributed by atoms with Crippen molar-refractivity contribution in [3.63, 3.8) is 0 Å². The van der Waals surface area contributed by atoms with E-state index in [1.807, 2.05) is 12.3 Å². The second-order valence-electron chi connectivity index (χ2n) is 6.73. The summed E-state index contributed by atoms with van der Waals surface area (Å²) < 4.78 is 11.2. The van der Waals surface area contributed by atoms with Crippen LogP contribution in [0.1, 0.15) is 24.8 Å². The molecule has 1 aliphatic rings. The van der Waals surface area contributed by atoms with Gasteiger partial charge in [-0.05, 0) is 37.3 Å². The second kappa shape index (κ2) is 10.8. The molecule has 6 nitrogen and oxygen atoms in total. The average molecular weight is 370 g/mol. The van der Waals surface area contributed by atoms with Gasteiger partial charge in [-0.2, -0.15) is 0 Å². The van der Waals surface area contributed by atoms with Crippen molar-refractivity contribution in [1.29, 1.82) is 0 Å². The second-order valence-corrected chi connectivity index (χ2v) is 6.73. The first-order valence-corrected chi connectivity index (χ1v) is 9.83. The molecule has 1 atom stereocenters. The lowest BCUT2D eigenvalue weighted by Crippen LogP contribution is -2.39. The molecule has 27 heavy (non-hydrogen) atoms. The number of fused-ring (bicyclic) bond motifs is 1. The van der Waals surface area contributed by atoms with Crippen molar-refractivity contribution in [2.45, 2.75) is 31.8 Å². The van der Waals surface area contributed by atoms with Gasteiger partial charge in [0.15, 0.2) is 5.96 Å². The van der Waals surface area contributed by atoms with Crippen LogP contribution in [0.4, 0.5) is 0 Å². The van der Waals surface area contributed by atoms with Crippen LogP contribution >= 0.6 is 0 Å². The number of benzene rings is 1. The molecule has 1 aromatic carbocycles. The van der Waals surface area contributed by atoms with E-state index in [4.69, 9.17) is 9.47 Å². The Bertz CT molecular complexity index is 724. The molecule has 2 aromatic rings. The number of hydrogen-bond acceptors (Lipinski definition) is 4. The van der Waals surface area contributed by atoms with Gasteiger partial charge in [0.05, 0.1) is 18.2 Å². The summed E-state index contributed by atoms with van der Waals surface area (Å²) in [6.45, 7) is 3.98. The van der Waals surface area contributed by atoms with Crippen LogP contribution in [0.5, 0.6) is 0 Å². The number of ether oxygens (including phenoxy) is 2. The van der Waals surface area contributed by atoms with Gasteiger partial charge in [-0.15, -0.1) is 0 Å². The van der Waals surface area contributed by atoms with Gasteiger partial charge in [0.1, 0.15) is 0 Å². The Labute approximate surface area is 161 Å². The molecule has 1 aliphatic heterocycles. The van der Waals surface area contributed by atoms with E-state index < -0.39 is 0 Å². The largest absolute Gasteiger partial charge is 0.379 e. The molecule has 0 spiro atoms. The van der Waals surface area contributed by atoms with E-state index in [0.29, 0.717) is 12.7 Å². The molecule has 2 heterocycles. The molecule has 1 aromatic heterocycles. The van der Waals surface area contributed by atoms with Gasteiger partial charge in [0.25, 0.3) is 0 Å². The Kier molecular flexibility index (Phi) is 7.86. The molecule has 0 amide bonds. The van der Waals surface area contributed by atoms with E-state index >= 15 is 0 Å². The summed E-state index contributed by atoms with van der Waals surface area (Å²) in [5.74, 6) is 0.822. The Morgan fingerprint density at radius 1 is 1.26 bits per heavy atom. The van der Waals surface area contributed by atoms with Crippen molar-refractivity contribution in [2.75, 3.05) is 40.0 Å². The number of aromatic nitrogens is 1. The van der Waals surface area contributed by atoms with Gasteiger partial charge >= 0.3 is 0 Å². The molecule has 2 N–H and O–H groups in total. The molecule has 3 rings (SSSR count). The van der Waals surface area contributed by atoms with Crippen LogP contribution in [0.2, 0.25) is 0 Å². The summed E-state index contributed by atoms with van der Waals surface area (Å²) in [6, 6.07) is 10.4. The van der Waals surface area contributed by atoms with Crippen molar-refractivity contribution < 1.29 is 9.47 Å². The first kappa shape index (κ1) is 19.6. The molecule has 146 valence electrons. The number of para-hydroxylation sites is 1. The Morgan fingerprint density at radius 3 is 3.00 bits per heavy atom. The lowest BCUT2D eigenvalue weighted by Gasteiger charge is -2.13. The number of aliphatic imine (C=N–C) groups is 1. The minimum atomic E-state index is 0.302. The molecule has 0 radical (unpaired) electrons. The van der Waals surface area contributed by atoms with Gasteiger partial charge in [-0.25, -0.2) is 0 Å². The summed E-state index contributed by atoms with van der Waals surface area (Å²) in [4.78, 5) is 8.79. The maximum absolute atomic E-state index is 5.68. The predicted molar refractivity (Wildman–Crippen MR) is 109 cm³/mol. The van der Waals surface area contributed by atoms with E-state index in [0.717, 1.165) is 63.5 Å². The molecule has 0 saturated carbocycles. The normalized spacial score (nSPS) is 17.4. The molecule has 6 heteroatoms. The fraction of sp³-hybridized carbons (Fsp3) is 0.524. The first-order chi connectivity index (χ1) is 13.4. The van der Waals surface area contributed by atoms with E-state index in [1.165, 1.54) is 10.9 Å². The van der Waals surface area contributed by atoms with Crippen molar-refractivity contribution in [2.24, 2.45) is 4.99 Å². The van der Waals surface area contributed by atoms with Gasteiger partial charge in [0, 0.05) is 44.9 Å². The van der Waals surface area contributed by atoms with Gasteiger partial charge in [-0.3, -0.25) is 9.98 Å².